The molecule has 1 amide bonds. The number of hydrogen-bond donors (Lipinski definition) is 3. The summed E-state index contributed by atoms with van der Waals surface area (Å²) in [7, 11) is 5.86. The van der Waals surface area contributed by atoms with Crippen molar-refractivity contribution in [2.45, 2.75) is 37.8 Å². The molecule has 4 rings (SSSR count). The molecule has 2 aliphatic rings. The lowest BCUT2D eigenvalue weighted by Crippen LogP contribution is -2.42. The smallest absolute Gasteiger partial charge is 0.247 e. The molecule has 39 heavy (non-hydrogen) atoms. The van der Waals surface area contributed by atoms with Crippen molar-refractivity contribution in [3.05, 3.63) is 36.0 Å². The minimum Gasteiger partial charge on any atom is -0.494 e. The van der Waals surface area contributed by atoms with Crippen molar-refractivity contribution >= 4 is 58.3 Å². The molecule has 10 nitrogen and oxygen atoms in total. The molecule has 2 saturated heterocycles. The third-order valence-electron chi connectivity index (χ3n) is 7.34. The molecule has 0 aliphatic carbocycles. The van der Waals surface area contributed by atoms with Crippen molar-refractivity contribution in [3.63, 3.8) is 0 Å². The topological polar surface area (TPSA) is 97.9 Å². The molecule has 3 N–H and O–H groups in total. The van der Waals surface area contributed by atoms with E-state index in [0.717, 1.165) is 57.5 Å². The fourth-order valence-corrected chi connectivity index (χ4v) is 5.75. The highest BCUT2D eigenvalue weighted by molar-refractivity contribution is 7.96. The largest absolute Gasteiger partial charge is 0.494 e. The lowest BCUT2D eigenvalue weighted by molar-refractivity contribution is -0.111. The van der Waals surface area contributed by atoms with Crippen molar-refractivity contribution in [3.8, 4) is 5.75 Å². The maximum absolute atomic E-state index is 12.3. The van der Waals surface area contributed by atoms with Crippen molar-refractivity contribution in [2.75, 3.05) is 74.5 Å². The Morgan fingerprint density at radius 3 is 2.51 bits per heavy atom. The zero-order valence-electron chi connectivity index (χ0n) is 23.2. The predicted molar refractivity (Wildman–Crippen MR) is 163 cm³/mol. The Bertz CT molecular complexity index is 1150. The van der Waals surface area contributed by atoms with Gasteiger partial charge in [0.2, 0.25) is 11.9 Å². The van der Waals surface area contributed by atoms with Crippen LogP contribution < -0.4 is 25.6 Å². The van der Waals surface area contributed by atoms with Gasteiger partial charge in [-0.3, -0.25) is 9.10 Å². The van der Waals surface area contributed by atoms with Crippen molar-refractivity contribution in [1.29, 1.82) is 0 Å². The average Bonchev–Trinajstić information content (AvgIpc) is 2.95. The van der Waals surface area contributed by atoms with Crippen LogP contribution in [-0.2, 0) is 4.79 Å². The first-order valence-corrected chi connectivity index (χ1v) is 14.8. The standard InChI is InChI=1S/C27H39ClN8O2S/c1-6-25(37)31-21-15-22(24(38-4)16-23(21)35-11-9-19(10-12-35)34(2)3)32-27-29-17-20(28)26(33-27)30-18-7-13-36(39-5)14-8-18/h6,15-19H,1,7-14H2,2-5H3,(H,31,37)(H2,29,30,32,33). The molecule has 3 heterocycles. The Morgan fingerprint density at radius 2 is 1.90 bits per heavy atom. The van der Waals surface area contributed by atoms with Crippen LogP contribution in [0.2, 0.25) is 5.02 Å². The van der Waals surface area contributed by atoms with Gasteiger partial charge in [-0.2, -0.15) is 4.98 Å². The van der Waals surface area contributed by atoms with E-state index in [9.17, 15) is 4.79 Å². The van der Waals surface area contributed by atoms with Crippen molar-refractivity contribution in [2.24, 2.45) is 0 Å². The Kier molecular flexibility index (Phi) is 10.2. The van der Waals surface area contributed by atoms with Crippen LogP contribution in [0.5, 0.6) is 5.75 Å². The molecule has 2 fully saturated rings. The van der Waals surface area contributed by atoms with Gasteiger partial charge in [0, 0.05) is 44.3 Å². The highest BCUT2D eigenvalue weighted by Crippen LogP contribution is 2.39. The quantitative estimate of drug-likeness (QED) is 0.274. The van der Waals surface area contributed by atoms with Crippen LogP contribution in [0.4, 0.5) is 28.8 Å². The number of carbonyl (C=O) groups excluding carboxylic acids is 1. The average molecular weight is 575 g/mol. The first-order chi connectivity index (χ1) is 18.8. The summed E-state index contributed by atoms with van der Waals surface area (Å²) in [5, 5.41) is 10.2. The summed E-state index contributed by atoms with van der Waals surface area (Å²) in [4.78, 5) is 25.9. The fraction of sp³-hybridized carbons (Fsp3) is 0.519. The summed E-state index contributed by atoms with van der Waals surface area (Å²) in [5.74, 6) is 1.31. The molecule has 2 aliphatic heterocycles. The molecule has 212 valence electrons. The highest BCUT2D eigenvalue weighted by atomic mass is 35.5. The highest BCUT2D eigenvalue weighted by Gasteiger charge is 2.25. The van der Waals surface area contributed by atoms with E-state index >= 15 is 0 Å². The summed E-state index contributed by atoms with van der Waals surface area (Å²) in [6.45, 7) is 7.40. The van der Waals surface area contributed by atoms with Gasteiger partial charge < -0.3 is 30.5 Å². The Balaban J connectivity index is 1.57. The van der Waals surface area contributed by atoms with Gasteiger partial charge in [0.1, 0.15) is 10.8 Å². The summed E-state index contributed by atoms with van der Waals surface area (Å²) in [6, 6.07) is 4.64. The number of carbonyl (C=O) groups is 1. The third kappa shape index (κ3) is 7.47. The van der Waals surface area contributed by atoms with Gasteiger partial charge >= 0.3 is 0 Å². The molecule has 0 bridgehead atoms. The molecule has 12 heteroatoms. The molecular weight excluding hydrogens is 536 g/mol. The van der Waals surface area contributed by atoms with Crippen LogP contribution in [-0.4, -0.2) is 90.8 Å². The van der Waals surface area contributed by atoms with Gasteiger partial charge in [-0.1, -0.05) is 30.1 Å². The number of nitrogens with one attached hydrogen (secondary N) is 3. The molecule has 0 radical (unpaired) electrons. The number of hydrogen-bond acceptors (Lipinski definition) is 10. The predicted octanol–water partition coefficient (Wildman–Crippen LogP) is 4.69. The van der Waals surface area contributed by atoms with Crippen molar-refractivity contribution in [1.82, 2.24) is 19.2 Å². The number of amides is 1. The molecule has 0 saturated carbocycles. The van der Waals surface area contributed by atoms with E-state index in [4.69, 9.17) is 16.3 Å². The summed E-state index contributed by atoms with van der Waals surface area (Å²) in [6.07, 6.45) is 9.06. The second-order valence-electron chi connectivity index (χ2n) is 9.99. The van der Waals surface area contributed by atoms with Gasteiger partial charge in [-0.15, -0.1) is 0 Å². The lowest BCUT2D eigenvalue weighted by atomic mass is 10.0. The third-order valence-corrected chi connectivity index (χ3v) is 8.50. The zero-order chi connectivity index (χ0) is 27.9. The summed E-state index contributed by atoms with van der Waals surface area (Å²) >= 11 is 8.22. The van der Waals surface area contributed by atoms with E-state index in [1.807, 2.05) is 12.1 Å². The number of piperidine rings is 2. The minimum atomic E-state index is -0.280. The number of nitrogens with zero attached hydrogens (tertiary/aromatic N) is 5. The van der Waals surface area contributed by atoms with Crippen LogP contribution in [0.15, 0.2) is 31.0 Å². The SMILES string of the molecule is C=CC(=O)Nc1cc(Nc2ncc(Cl)c(NC3CCN(SC)CC3)n2)c(OC)cc1N1CCC(N(C)C)CC1. The maximum Gasteiger partial charge on any atom is 0.247 e. The molecular formula is C27H39ClN8O2S. The second-order valence-corrected chi connectivity index (χ2v) is 11.3. The number of ether oxygens (including phenoxy) is 1. The number of rotatable bonds is 10. The van der Waals surface area contributed by atoms with Gasteiger partial charge in [0.15, 0.2) is 5.82 Å². The molecule has 0 atom stereocenters. The second kappa shape index (κ2) is 13.6. The maximum atomic E-state index is 12.3. The van der Waals surface area contributed by atoms with E-state index < -0.39 is 0 Å². The van der Waals surface area contributed by atoms with E-state index in [0.29, 0.717) is 46.0 Å². The normalized spacial score (nSPS) is 17.2. The first kappa shape index (κ1) is 29.3. The van der Waals surface area contributed by atoms with E-state index in [2.05, 4.69) is 67.0 Å². The first-order valence-electron chi connectivity index (χ1n) is 13.2. The van der Waals surface area contributed by atoms with Gasteiger partial charge in [0.05, 0.1) is 30.4 Å². The van der Waals surface area contributed by atoms with Crippen LogP contribution in [0.1, 0.15) is 25.7 Å². The molecule has 1 aromatic carbocycles. The zero-order valence-corrected chi connectivity index (χ0v) is 24.7. The molecule has 1 aromatic heterocycles. The number of anilines is 5. The van der Waals surface area contributed by atoms with Gasteiger partial charge in [0.25, 0.3) is 0 Å². The van der Waals surface area contributed by atoms with Gasteiger partial charge in [-0.05, 0) is 58.2 Å². The van der Waals surface area contributed by atoms with Crippen molar-refractivity contribution < 1.29 is 9.53 Å². The van der Waals surface area contributed by atoms with Crippen LogP contribution in [0.25, 0.3) is 0 Å². The number of aromatic nitrogens is 2. The Morgan fingerprint density at radius 1 is 1.18 bits per heavy atom. The monoisotopic (exact) mass is 574 g/mol. The van der Waals surface area contributed by atoms with E-state index in [-0.39, 0.29) is 5.91 Å². The summed E-state index contributed by atoms with van der Waals surface area (Å²) in [5.41, 5.74) is 2.20. The van der Waals surface area contributed by atoms with Crippen LogP contribution >= 0.6 is 23.5 Å². The molecule has 0 spiro atoms. The summed E-state index contributed by atoms with van der Waals surface area (Å²) < 4.78 is 8.11. The lowest BCUT2D eigenvalue weighted by Gasteiger charge is -2.37. The van der Waals surface area contributed by atoms with E-state index in [1.54, 1.807) is 25.3 Å². The minimum absolute atomic E-state index is 0.280. The number of benzene rings is 1. The molecule has 2 aromatic rings. The fourth-order valence-electron chi connectivity index (χ4n) is 5.03. The van der Waals surface area contributed by atoms with E-state index in [1.165, 1.54) is 6.08 Å². The number of halogens is 1. The van der Waals surface area contributed by atoms with Crippen LogP contribution in [0.3, 0.4) is 0 Å². The Hall–Kier alpha value is -2.73. The van der Waals surface area contributed by atoms with Crippen LogP contribution in [0, 0.1) is 0 Å². The number of methoxy groups -OCH3 is 1. The van der Waals surface area contributed by atoms with Gasteiger partial charge in [-0.25, -0.2) is 4.98 Å². The molecule has 0 unspecified atom stereocenters. The Labute approximate surface area is 240 Å².